The highest BCUT2D eigenvalue weighted by Gasteiger charge is 2.18. The standard InChI is InChI=1S/C21H19ClN4O5/c1-13-9-19(25(24-13)15-3-5-16(6-4-15)26(28)29)23-20(27)12-14-10-17(22)21-18(11-14)30-7-2-8-31-21/h3-6,9-11H,2,7-8,12H2,1H3,(H,23,27). The summed E-state index contributed by atoms with van der Waals surface area (Å²) in [5.74, 6) is 1.21. The van der Waals surface area contributed by atoms with E-state index in [1.54, 1.807) is 37.3 Å². The Morgan fingerprint density at radius 3 is 2.71 bits per heavy atom. The molecule has 0 saturated heterocycles. The number of benzene rings is 2. The molecule has 1 amide bonds. The highest BCUT2D eigenvalue weighted by molar-refractivity contribution is 6.32. The predicted octanol–water partition coefficient (Wildman–Crippen LogP) is 4.08. The topological polar surface area (TPSA) is 109 Å². The Balaban J connectivity index is 1.53. The van der Waals surface area contributed by atoms with Crippen LogP contribution in [-0.4, -0.2) is 33.8 Å². The molecule has 0 atom stereocenters. The van der Waals surface area contributed by atoms with E-state index in [-0.39, 0.29) is 18.0 Å². The SMILES string of the molecule is Cc1cc(NC(=O)Cc2cc(Cl)c3c(c2)OCCCO3)n(-c2ccc([N+](=O)[O-])cc2)n1. The number of halogens is 1. The third-order valence-corrected chi connectivity index (χ3v) is 4.91. The molecule has 0 bridgehead atoms. The molecule has 160 valence electrons. The number of hydrogen-bond donors (Lipinski definition) is 1. The molecule has 1 N–H and O–H groups in total. The largest absolute Gasteiger partial charge is 0.489 e. The molecule has 2 heterocycles. The van der Waals surface area contributed by atoms with E-state index in [0.29, 0.717) is 52.5 Å². The summed E-state index contributed by atoms with van der Waals surface area (Å²) < 4.78 is 12.8. The first kappa shape index (κ1) is 20.7. The Labute approximate surface area is 182 Å². The average molecular weight is 443 g/mol. The van der Waals surface area contributed by atoms with Crippen molar-refractivity contribution >= 4 is 29.0 Å². The van der Waals surface area contributed by atoms with Crippen LogP contribution in [0.3, 0.4) is 0 Å². The van der Waals surface area contributed by atoms with E-state index in [1.165, 1.54) is 16.8 Å². The molecule has 0 fully saturated rings. The maximum absolute atomic E-state index is 12.7. The molecule has 2 aromatic carbocycles. The van der Waals surface area contributed by atoms with Crippen LogP contribution >= 0.6 is 11.6 Å². The van der Waals surface area contributed by atoms with Crippen molar-refractivity contribution in [2.45, 2.75) is 19.8 Å². The number of rotatable bonds is 5. The van der Waals surface area contributed by atoms with Gasteiger partial charge in [-0.1, -0.05) is 11.6 Å². The summed E-state index contributed by atoms with van der Waals surface area (Å²) in [5, 5.41) is 18.5. The van der Waals surface area contributed by atoms with Crippen molar-refractivity contribution in [3.8, 4) is 17.2 Å². The number of nitrogens with one attached hydrogen (secondary N) is 1. The summed E-state index contributed by atoms with van der Waals surface area (Å²) in [5.41, 5.74) is 1.94. The summed E-state index contributed by atoms with van der Waals surface area (Å²) in [7, 11) is 0. The van der Waals surface area contributed by atoms with Gasteiger partial charge >= 0.3 is 0 Å². The third kappa shape index (κ3) is 4.61. The fraction of sp³-hybridized carbons (Fsp3) is 0.238. The number of hydrogen-bond acceptors (Lipinski definition) is 6. The van der Waals surface area contributed by atoms with Gasteiger partial charge in [0.1, 0.15) is 5.82 Å². The number of aromatic nitrogens is 2. The minimum Gasteiger partial charge on any atom is -0.489 e. The monoisotopic (exact) mass is 442 g/mol. The lowest BCUT2D eigenvalue weighted by Gasteiger charge is -2.12. The van der Waals surface area contributed by atoms with Crippen molar-refractivity contribution < 1.29 is 19.2 Å². The number of aryl methyl sites for hydroxylation is 1. The van der Waals surface area contributed by atoms with E-state index >= 15 is 0 Å². The van der Waals surface area contributed by atoms with Crippen LogP contribution in [0.4, 0.5) is 11.5 Å². The lowest BCUT2D eigenvalue weighted by Crippen LogP contribution is -2.17. The maximum Gasteiger partial charge on any atom is 0.269 e. The summed E-state index contributed by atoms with van der Waals surface area (Å²) in [6.45, 7) is 2.84. The van der Waals surface area contributed by atoms with Crippen molar-refractivity contribution in [2.24, 2.45) is 0 Å². The van der Waals surface area contributed by atoms with Crippen molar-refractivity contribution in [3.05, 3.63) is 68.9 Å². The first-order valence-corrected chi connectivity index (χ1v) is 9.98. The molecule has 0 spiro atoms. The van der Waals surface area contributed by atoms with Crippen LogP contribution in [0.15, 0.2) is 42.5 Å². The average Bonchev–Trinajstić information content (AvgIpc) is 2.93. The normalized spacial score (nSPS) is 12.8. The first-order chi connectivity index (χ1) is 14.9. The Hall–Kier alpha value is -3.59. The van der Waals surface area contributed by atoms with Gasteiger partial charge in [-0.2, -0.15) is 5.10 Å². The van der Waals surface area contributed by atoms with Gasteiger partial charge in [-0.15, -0.1) is 0 Å². The number of amides is 1. The van der Waals surface area contributed by atoms with Crippen LogP contribution < -0.4 is 14.8 Å². The summed E-state index contributed by atoms with van der Waals surface area (Å²) in [6, 6.07) is 11.1. The second-order valence-electron chi connectivity index (χ2n) is 7.04. The van der Waals surface area contributed by atoms with Gasteiger partial charge in [0.05, 0.1) is 41.0 Å². The fourth-order valence-corrected chi connectivity index (χ4v) is 3.55. The van der Waals surface area contributed by atoms with Crippen LogP contribution in [0.1, 0.15) is 17.7 Å². The van der Waals surface area contributed by atoms with Crippen LogP contribution in [0.5, 0.6) is 11.5 Å². The van der Waals surface area contributed by atoms with Gasteiger partial charge in [0.25, 0.3) is 5.69 Å². The van der Waals surface area contributed by atoms with Crippen LogP contribution in [0.2, 0.25) is 5.02 Å². The lowest BCUT2D eigenvalue weighted by atomic mass is 10.1. The van der Waals surface area contributed by atoms with Gasteiger partial charge in [0.2, 0.25) is 5.91 Å². The molecule has 31 heavy (non-hydrogen) atoms. The first-order valence-electron chi connectivity index (χ1n) is 9.60. The highest BCUT2D eigenvalue weighted by Crippen LogP contribution is 2.38. The summed E-state index contributed by atoms with van der Waals surface area (Å²) in [4.78, 5) is 23.1. The van der Waals surface area contributed by atoms with Gasteiger partial charge < -0.3 is 14.8 Å². The maximum atomic E-state index is 12.7. The smallest absolute Gasteiger partial charge is 0.269 e. The minimum atomic E-state index is -0.471. The Morgan fingerprint density at radius 2 is 1.97 bits per heavy atom. The van der Waals surface area contributed by atoms with Crippen LogP contribution in [0, 0.1) is 17.0 Å². The van der Waals surface area contributed by atoms with Crippen LogP contribution in [-0.2, 0) is 11.2 Å². The molecule has 1 aliphatic heterocycles. The van der Waals surface area contributed by atoms with E-state index in [4.69, 9.17) is 21.1 Å². The summed E-state index contributed by atoms with van der Waals surface area (Å²) in [6.07, 6.45) is 0.827. The summed E-state index contributed by atoms with van der Waals surface area (Å²) >= 11 is 6.31. The predicted molar refractivity (Wildman–Crippen MR) is 114 cm³/mol. The molecule has 3 aromatic rings. The minimum absolute atomic E-state index is 0.0236. The van der Waals surface area contributed by atoms with Crippen molar-refractivity contribution in [2.75, 3.05) is 18.5 Å². The zero-order chi connectivity index (χ0) is 22.0. The molecular formula is C21H19ClN4O5. The quantitative estimate of drug-likeness (QED) is 0.471. The molecule has 0 saturated carbocycles. The highest BCUT2D eigenvalue weighted by atomic mass is 35.5. The van der Waals surface area contributed by atoms with Crippen molar-refractivity contribution in [1.82, 2.24) is 9.78 Å². The van der Waals surface area contributed by atoms with Gasteiger partial charge in [-0.3, -0.25) is 14.9 Å². The zero-order valence-electron chi connectivity index (χ0n) is 16.6. The van der Waals surface area contributed by atoms with Gasteiger partial charge in [0, 0.05) is 24.6 Å². The van der Waals surface area contributed by atoms with Crippen molar-refractivity contribution in [3.63, 3.8) is 0 Å². The van der Waals surface area contributed by atoms with E-state index in [2.05, 4.69) is 10.4 Å². The number of anilines is 1. The van der Waals surface area contributed by atoms with Gasteiger partial charge in [-0.05, 0) is 36.8 Å². The number of nitro groups is 1. The number of nitro benzene ring substituents is 1. The second-order valence-corrected chi connectivity index (χ2v) is 7.44. The van der Waals surface area contributed by atoms with Gasteiger partial charge in [-0.25, -0.2) is 4.68 Å². The Kier molecular flexibility index (Phi) is 5.77. The molecule has 10 heteroatoms. The molecule has 1 aliphatic rings. The number of carbonyl (C=O) groups is 1. The number of non-ortho nitro benzene ring substituents is 1. The molecule has 0 aliphatic carbocycles. The molecular weight excluding hydrogens is 424 g/mol. The lowest BCUT2D eigenvalue weighted by molar-refractivity contribution is -0.384. The van der Waals surface area contributed by atoms with E-state index in [9.17, 15) is 14.9 Å². The Bertz CT molecular complexity index is 1140. The zero-order valence-corrected chi connectivity index (χ0v) is 17.4. The molecule has 9 nitrogen and oxygen atoms in total. The fourth-order valence-electron chi connectivity index (χ4n) is 3.26. The van der Waals surface area contributed by atoms with Crippen molar-refractivity contribution in [1.29, 1.82) is 0 Å². The molecule has 0 radical (unpaired) electrons. The molecule has 0 unspecified atom stereocenters. The second kappa shape index (κ2) is 8.65. The molecule has 4 rings (SSSR count). The number of carbonyl (C=O) groups excluding carboxylic acids is 1. The Morgan fingerprint density at radius 1 is 1.23 bits per heavy atom. The van der Waals surface area contributed by atoms with Gasteiger partial charge in [0.15, 0.2) is 11.5 Å². The number of nitrogens with zero attached hydrogens (tertiary/aromatic N) is 3. The van der Waals surface area contributed by atoms with E-state index < -0.39 is 4.92 Å². The number of ether oxygens (including phenoxy) is 2. The molecule has 1 aromatic heterocycles. The third-order valence-electron chi connectivity index (χ3n) is 4.63. The van der Waals surface area contributed by atoms with Crippen LogP contribution in [0.25, 0.3) is 5.69 Å². The number of fused-ring (bicyclic) bond motifs is 1. The van der Waals surface area contributed by atoms with E-state index in [1.807, 2.05) is 0 Å². The van der Waals surface area contributed by atoms with E-state index in [0.717, 1.165) is 6.42 Å².